The Balaban J connectivity index is 1.62. The smallest absolute Gasteiger partial charge is 0.257 e. The van der Waals surface area contributed by atoms with Crippen LogP contribution in [0.1, 0.15) is 41.9 Å². The third-order valence-electron chi connectivity index (χ3n) is 4.59. The highest BCUT2D eigenvalue weighted by Gasteiger charge is 2.31. The van der Waals surface area contributed by atoms with Gasteiger partial charge in [-0.15, -0.1) is 0 Å². The van der Waals surface area contributed by atoms with Gasteiger partial charge in [-0.3, -0.25) is 4.79 Å². The molecule has 0 unspecified atom stereocenters. The molecule has 6 heteroatoms. The second-order valence-electron chi connectivity index (χ2n) is 6.22. The summed E-state index contributed by atoms with van der Waals surface area (Å²) in [5.41, 5.74) is 2.48. The van der Waals surface area contributed by atoms with Crippen LogP contribution in [0.2, 0.25) is 0 Å². The van der Waals surface area contributed by atoms with E-state index in [1.165, 1.54) is 12.5 Å². The molecule has 0 saturated carbocycles. The zero-order chi connectivity index (χ0) is 16.5. The van der Waals surface area contributed by atoms with E-state index in [1.807, 2.05) is 23.2 Å². The summed E-state index contributed by atoms with van der Waals surface area (Å²) in [6.07, 6.45) is 6.80. The zero-order valence-electron chi connectivity index (χ0n) is 13.7. The van der Waals surface area contributed by atoms with Crippen molar-refractivity contribution in [3.8, 4) is 0 Å². The summed E-state index contributed by atoms with van der Waals surface area (Å²) in [6.45, 7) is 4.49. The van der Waals surface area contributed by atoms with Gasteiger partial charge in [0.05, 0.1) is 11.8 Å². The number of rotatable bonds is 4. The molecule has 4 heterocycles. The van der Waals surface area contributed by atoms with Crippen molar-refractivity contribution in [1.82, 2.24) is 19.4 Å². The lowest BCUT2D eigenvalue weighted by Gasteiger charge is -2.16. The minimum atomic E-state index is 0.0301. The Hall–Kier alpha value is -2.63. The van der Waals surface area contributed by atoms with Crippen molar-refractivity contribution in [3.63, 3.8) is 0 Å². The summed E-state index contributed by atoms with van der Waals surface area (Å²) in [4.78, 5) is 23.7. The molecule has 0 aliphatic carbocycles. The molecular formula is C18H20N4O2. The van der Waals surface area contributed by atoms with Crippen molar-refractivity contribution in [2.45, 2.75) is 32.2 Å². The van der Waals surface area contributed by atoms with Crippen LogP contribution in [-0.2, 0) is 6.54 Å². The normalized spacial score (nSPS) is 17.7. The van der Waals surface area contributed by atoms with Crippen LogP contribution in [0, 0.1) is 0 Å². The largest absolute Gasteiger partial charge is 0.472 e. The summed E-state index contributed by atoms with van der Waals surface area (Å²) in [5.74, 6) is 1.33. The van der Waals surface area contributed by atoms with E-state index in [4.69, 9.17) is 9.40 Å². The van der Waals surface area contributed by atoms with E-state index in [2.05, 4.69) is 16.5 Å². The van der Waals surface area contributed by atoms with E-state index in [1.54, 1.807) is 6.07 Å². The van der Waals surface area contributed by atoms with Crippen molar-refractivity contribution in [2.24, 2.45) is 0 Å². The Morgan fingerprint density at radius 2 is 2.33 bits per heavy atom. The van der Waals surface area contributed by atoms with Gasteiger partial charge >= 0.3 is 0 Å². The number of pyridine rings is 1. The number of hydrogen-bond donors (Lipinski definition) is 0. The first-order valence-electron chi connectivity index (χ1n) is 8.40. The van der Waals surface area contributed by atoms with Gasteiger partial charge in [0.1, 0.15) is 17.6 Å². The van der Waals surface area contributed by atoms with Crippen molar-refractivity contribution >= 4 is 17.1 Å². The summed E-state index contributed by atoms with van der Waals surface area (Å²) in [7, 11) is 0. The Bertz CT molecular complexity index is 853. The number of aromatic nitrogens is 3. The van der Waals surface area contributed by atoms with Crippen LogP contribution in [-0.4, -0.2) is 38.4 Å². The predicted molar refractivity (Wildman–Crippen MR) is 89.8 cm³/mol. The molecule has 6 nitrogen and oxygen atoms in total. The molecule has 3 aromatic rings. The van der Waals surface area contributed by atoms with Crippen LogP contribution in [0.3, 0.4) is 0 Å². The zero-order valence-corrected chi connectivity index (χ0v) is 13.7. The van der Waals surface area contributed by atoms with E-state index in [0.29, 0.717) is 12.1 Å². The van der Waals surface area contributed by atoms with Gasteiger partial charge in [-0.1, -0.05) is 6.92 Å². The van der Waals surface area contributed by atoms with E-state index in [-0.39, 0.29) is 11.8 Å². The maximum Gasteiger partial charge on any atom is 0.257 e. The van der Waals surface area contributed by atoms with E-state index in [0.717, 1.165) is 42.9 Å². The number of amides is 1. The lowest BCUT2D eigenvalue weighted by Crippen LogP contribution is -2.28. The van der Waals surface area contributed by atoms with Crippen molar-refractivity contribution < 1.29 is 9.21 Å². The number of furan rings is 1. The fourth-order valence-corrected chi connectivity index (χ4v) is 3.46. The fourth-order valence-electron chi connectivity index (χ4n) is 3.46. The van der Waals surface area contributed by atoms with Gasteiger partial charge in [0.25, 0.3) is 5.91 Å². The van der Waals surface area contributed by atoms with Crippen LogP contribution in [0.4, 0.5) is 0 Å². The molecule has 4 rings (SSSR count). The van der Waals surface area contributed by atoms with Crippen LogP contribution in [0.5, 0.6) is 0 Å². The number of carbonyl (C=O) groups is 1. The summed E-state index contributed by atoms with van der Waals surface area (Å²) in [6, 6.07) is 5.63. The van der Waals surface area contributed by atoms with Gasteiger partial charge in [-0.05, 0) is 31.0 Å². The third kappa shape index (κ3) is 2.48. The predicted octanol–water partition coefficient (Wildman–Crippen LogP) is 3.06. The second kappa shape index (κ2) is 6.11. The molecule has 1 saturated heterocycles. The van der Waals surface area contributed by atoms with E-state index in [9.17, 15) is 4.79 Å². The minimum absolute atomic E-state index is 0.0301. The molecule has 1 atom stereocenters. The molecule has 0 radical (unpaired) electrons. The molecule has 1 amide bonds. The molecule has 1 aliphatic rings. The topological polar surface area (TPSA) is 64.2 Å². The molecule has 0 N–H and O–H groups in total. The number of likely N-dealkylation sites (tertiary alicyclic amines) is 1. The van der Waals surface area contributed by atoms with Gasteiger partial charge in [0.2, 0.25) is 0 Å². The van der Waals surface area contributed by atoms with Crippen molar-refractivity contribution in [1.29, 1.82) is 0 Å². The first kappa shape index (κ1) is 14.9. The summed E-state index contributed by atoms with van der Waals surface area (Å²) >= 11 is 0. The first-order chi connectivity index (χ1) is 11.8. The van der Waals surface area contributed by atoms with Crippen LogP contribution < -0.4 is 0 Å². The standard InChI is InChI=1S/C18H20N4O2/c1-2-8-22-16(20-15-4-3-7-19-17(15)22)13-5-9-21(11-13)18(23)14-6-10-24-12-14/h3-4,6-7,10,12-13H,2,5,8-9,11H2,1H3/t13-/m1/s1. The number of hydrogen-bond acceptors (Lipinski definition) is 4. The number of imidazole rings is 1. The number of aryl methyl sites for hydroxylation is 1. The number of fused-ring (bicyclic) bond motifs is 1. The number of nitrogens with zero attached hydrogens (tertiary/aromatic N) is 4. The molecule has 124 valence electrons. The van der Waals surface area contributed by atoms with E-state index < -0.39 is 0 Å². The average molecular weight is 324 g/mol. The molecule has 0 bridgehead atoms. The maximum atomic E-state index is 12.5. The summed E-state index contributed by atoms with van der Waals surface area (Å²) in [5, 5.41) is 0. The van der Waals surface area contributed by atoms with Gasteiger partial charge in [0, 0.05) is 31.7 Å². The molecule has 3 aromatic heterocycles. The van der Waals surface area contributed by atoms with Crippen molar-refractivity contribution in [3.05, 3.63) is 48.3 Å². The fraction of sp³-hybridized carbons (Fsp3) is 0.389. The quantitative estimate of drug-likeness (QED) is 0.740. The van der Waals surface area contributed by atoms with Gasteiger partial charge in [-0.25, -0.2) is 9.97 Å². The van der Waals surface area contributed by atoms with E-state index >= 15 is 0 Å². The highest BCUT2D eigenvalue weighted by Crippen LogP contribution is 2.30. The molecule has 1 fully saturated rings. The average Bonchev–Trinajstić information content (AvgIpc) is 3.34. The highest BCUT2D eigenvalue weighted by atomic mass is 16.3. The molecular weight excluding hydrogens is 304 g/mol. The minimum Gasteiger partial charge on any atom is -0.472 e. The second-order valence-corrected chi connectivity index (χ2v) is 6.22. The SMILES string of the molecule is CCCn1c([C@@H]2CCN(C(=O)c3ccoc3)C2)nc2cccnc21. The number of carbonyl (C=O) groups excluding carboxylic acids is 1. The van der Waals surface area contributed by atoms with Crippen molar-refractivity contribution in [2.75, 3.05) is 13.1 Å². The molecule has 24 heavy (non-hydrogen) atoms. The Kier molecular flexibility index (Phi) is 3.80. The Morgan fingerprint density at radius 1 is 1.42 bits per heavy atom. The highest BCUT2D eigenvalue weighted by molar-refractivity contribution is 5.94. The van der Waals surface area contributed by atoms with Crippen LogP contribution >= 0.6 is 0 Å². The van der Waals surface area contributed by atoms with Gasteiger partial charge < -0.3 is 13.9 Å². The lowest BCUT2D eigenvalue weighted by molar-refractivity contribution is 0.0789. The summed E-state index contributed by atoms with van der Waals surface area (Å²) < 4.78 is 7.24. The monoisotopic (exact) mass is 324 g/mol. The van der Waals surface area contributed by atoms with Crippen LogP contribution in [0.15, 0.2) is 41.3 Å². The van der Waals surface area contributed by atoms with Crippen LogP contribution in [0.25, 0.3) is 11.2 Å². The molecule has 1 aliphatic heterocycles. The van der Waals surface area contributed by atoms with Gasteiger partial charge in [0.15, 0.2) is 5.65 Å². The molecule has 0 aromatic carbocycles. The Morgan fingerprint density at radius 3 is 3.12 bits per heavy atom. The lowest BCUT2D eigenvalue weighted by atomic mass is 10.1. The first-order valence-corrected chi connectivity index (χ1v) is 8.40. The Labute approximate surface area is 140 Å². The maximum absolute atomic E-state index is 12.5. The third-order valence-corrected chi connectivity index (χ3v) is 4.59. The molecule has 0 spiro atoms. The van der Waals surface area contributed by atoms with Gasteiger partial charge in [-0.2, -0.15) is 0 Å².